The van der Waals surface area contributed by atoms with Gasteiger partial charge in [-0.15, -0.1) is 0 Å². The van der Waals surface area contributed by atoms with Crippen LogP contribution in [-0.4, -0.2) is 58.8 Å². The van der Waals surface area contributed by atoms with Crippen molar-refractivity contribution in [1.29, 1.82) is 0 Å². The third-order valence-electron chi connectivity index (χ3n) is 1.30. The molecule has 2 aliphatic heterocycles. The summed E-state index contributed by atoms with van der Waals surface area (Å²) in [5.41, 5.74) is 0. The third-order valence-corrected chi connectivity index (χ3v) is 18.8. The molecule has 2 heterocycles. The molecule has 11 heavy (non-hydrogen) atoms. The van der Waals surface area contributed by atoms with Crippen molar-refractivity contribution in [1.82, 2.24) is 0 Å². The van der Waals surface area contributed by atoms with Crippen molar-refractivity contribution >= 4 is 58.8 Å². The van der Waals surface area contributed by atoms with Crippen LogP contribution < -0.4 is 0 Å². The molecule has 0 aromatic carbocycles. The van der Waals surface area contributed by atoms with Crippen molar-refractivity contribution in [3.8, 4) is 0 Å². The van der Waals surface area contributed by atoms with E-state index >= 15 is 0 Å². The zero-order chi connectivity index (χ0) is 7.68. The first kappa shape index (κ1) is 8.88. The molecule has 1 radical (unpaired) electrons. The number of rotatable bonds is 0. The zero-order valence-electron chi connectivity index (χ0n) is 5.94. The summed E-state index contributed by atoms with van der Waals surface area (Å²) in [5.74, 6) is 2.46. The Morgan fingerprint density at radius 2 is 1.82 bits per heavy atom. The predicted octanol–water partition coefficient (Wildman–Crippen LogP) is 0.483. The van der Waals surface area contributed by atoms with Crippen LogP contribution in [0.5, 0.6) is 0 Å². The van der Waals surface area contributed by atoms with Crippen LogP contribution in [0.4, 0.5) is 0 Å². The molecule has 0 amide bonds. The second-order valence-electron chi connectivity index (χ2n) is 2.03. The summed E-state index contributed by atoms with van der Waals surface area (Å²) >= 11 is 1.93. The molecule has 0 aromatic heterocycles. The van der Waals surface area contributed by atoms with Crippen LogP contribution in [-0.2, 0) is 0 Å². The fourth-order valence-electron chi connectivity index (χ4n) is 0.793. The van der Waals surface area contributed by atoms with Crippen molar-refractivity contribution in [2.45, 2.75) is 5.82 Å². The van der Waals surface area contributed by atoms with Crippen molar-refractivity contribution in [2.24, 2.45) is 0 Å². The molecular weight excluding hydrogens is 400 g/mol. The van der Waals surface area contributed by atoms with E-state index in [1.165, 1.54) is 0 Å². The molecule has 0 aliphatic carbocycles. The van der Waals surface area contributed by atoms with Gasteiger partial charge in [-0.25, -0.2) is 0 Å². The Morgan fingerprint density at radius 3 is 2.36 bits per heavy atom. The molecule has 0 unspecified atom stereocenters. The second kappa shape index (κ2) is 4.00. The van der Waals surface area contributed by atoms with E-state index in [0.717, 1.165) is 44.9 Å². The molecule has 4 heteroatoms. The molecule has 0 N–H and O–H groups in total. The summed E-state index contributed by atoms with van der Waals surface area (Å²) in [5, 5.41) is 0. The van der Waals surface area contributed by atoms with Crippen LogP contribution in [0.2, 0.25) is 5.82 Å². The molecule has 2 rings (SSSR count). The van der Waals surface area contributed by atoms with Crippen LogP contribution >= 0.6 is 0 Å². The maximum atomic E-state index is 2.49. The van der Waals surface area contributed by atoms with E-state index in [1.807, 2.05) is 6.74 Å². The first-order valence-corrected chi connectivity index (χ1v) is 12.2. The fourth-order valence-corrected chi connectivity index (χ4v) is 18.5. The second-order valence-corrected chi connectivity index (χ2v) is 14.2. The molecule has 59 valence electrons. The summed E-state index contributed by atoms with van der Waals surface area (Å²) < 4.78 is 3.80. The summed E-state index contributed by atoms with van der Waals surface area (Å²) in [6, 6.07) is 0. The van der Waals surface area contributed by atoms with E-state index in [0.29, 0.717) is 0 Å². The van der Waals surface area contributed by atoms with Gasteiger partial charge in [-0.2, -0.15) is 0 Å². The van der Waals surface area contributed by atoms with Gasteiger partial charge in [0.2, 0.25) is 0 Å². The Morgan fingerprint density at radius 1 is 1.09 bits per heavy atom. The fraction of sp³-hybridized carbons (Fsp3) is 0.143. The standard InChI is InChI=1S/C7H7Se4/c1-11-5-4-10-7(11)6-8-2-3-9-6/h2-5H,1H3. The number of hydrogen-bond donors (Lipinski definition) is 0. The Kier molecular flexibility index (Phi) is 3.23. The van der Waals surface area contributed by atoms with E-state index in [-0.39, 0.29) is 13.9 Å². The van der Waals surface area contributed by atoms with Crippen molar-refractivity contribution in [2.75, 3.05) is 0 Å². The van der Waals surface area contributed by atoms with Crippen molar-refractivity contribution in [3.05, 3.63) is 26.6 Å². The van der Waals surface area contributed by atoms with Gasteiger partial charge in [-0.05, 0) is 0 Å². The average Bonchev–Trinajstić information content (AvgIpc) is 2.55. The molecule has 0 atom stereocenters. The summed E-state index contributed by atoms with van der Waals surface area (Å²) in [6.45, 7) is 0. The van der Waals surface area contributed by atoms with Gasteiger partial charge in [-0.1, -0.05) is 0 Å². The van der Waals surface area contributed by atoms with Crippen LogP contribution in [0.25, 0.3) is 0 Å². The van der Waals surface area contributed by atoms with Gasteiger partial charge in [0.15, 0.2) is 0 Å². The Hall–Kier alpha value is 1.30. The van der Waals surface area contributed by atoms with Gasteiger partial charge in [0.1, 0.15) is 0 Å². The summed E-state index contributed by atoms with van der Waals surface area (Å²) in [6.07, 6.45) is 0. The van der Waals surface area contributed by atoms with E-state index in [9.17, 15) is 0 Å². The molecule has 2 aliphatic rings. The maximum absolute atomic E-state index is 2.49. The quantitative estimate of drug-likeness (QED) is 0.513. The molecule has 0 aromatic rings. The van der Waals surface area contributed by atoms with Gasteiger partial charge in [0.05, 0.1) is 0 Å². The van der Waals surface area contributed by atoms with Crippen LogP contribution in [0.3, 0.4) is 0 Å². The van der Waals surface area contributed by atoms with Crippen LogP contribution in [0, 0.1) is 0 Å². The van der Waals surface area contributed by atoms with Crippen molar-refractivity contribution in [3.63, 3.8) is 0 Å². The Bertz CT molecular complexity index is 241. The van der Waals surface area contributed by atoms with E-state index in [1.54, 1.807) is 0 Å². The Labute approximate surface area is 90.3 Å². The van der Waals surface area contributed by atoms with E-state index in [2.05, 4.69) is 25.7 Å². The number of hydrogen-bond acceptors (Lipinski definition) is 0. The summed E-state index contributed by atoms with van der Waals surface area (Å²) in [4.78, 5) is 9.74. The van der Waals surface area contributed by atoms with Gasteiger partial charge < -0.3 is 0 Å². The van der Waals surface area contributed by atoms with Gasteiger partial charge in [-0.3, -0.25) is 0 Å². The zero-order valence-corrected chi connectivity index (χ0v) is 12.8. The van der Waals surface area contributed by atoms with Crippen LogP contribution in [0.1, 0.15) is 0 Å². The van der Waals surface area contributed by atoms with E-state index < -0.39 is 0 Å². The monoisotopic (exact) mass is 411 g/mol. The molecule has 0 saturated heterocycles. The Balaban J connectivity index is 2.21. The molecule has 0 fully saturated rings. The third kappa shape index (κ3) is 1.96. The summed E-state index contributed by atoms with van der Waals surface area (Å²) in [7, 11) is 0. The predicted molar refractivity (Wildman–Crippen MR) is 54.2 cm³/mol. The molecule has 0 nitrogen and oxygen atoms in total. The molecule has 0 saturated carbocycles. The average molecular weight is 407 g/mol. The first-order chi connectivity index (χ1) is 5.38. The van der Waals surface area contributed by atoms with Gasteiger partial charge in [0.25, 0.3) is 0 Å². The normalized spacial score (nSPS) is 24.1. The minimum absolute atomic E-state index is 0.372. The topological polar surface area (TPSA) is 0 Å². The van der Waals surface area contributed by atoms with Gasteiger partial charge in [0, 0.05) is 0 Å². The molecular formula is C7H7Se4. The van der Waals surface area contributed by atoms with Crippen molar-refractivity contribution < 1.29 is 0 Å². The molecule has 0 spiro atoms. The van der Waals surface area contributed by atoms with E-state index in [4.69, 9.17) is 0 Å². The van der Waals surface area contributed by atoms with Crippen LogP contribution in [0.15, 0.2) is 26.6 Å². The minimum atomic E-state index is -0.372. The molecule has 0 bridgehead atoms. The SMILES string of the molecule is C[Se]1C=C[Se]C1=C1[Se]C=C[Se]1. The van der Waals surface area contributed by atoms with Gasteiger partial charge >= 0.3 is 91.2 Å². The first-order valence-electron chi connectivity index (χ1n) is 3.08.